The number of aromatic nitrogens is 4. The summed E-state index contributed by atoms with van der Waals surface area (Å²) in [7, 11) is 2.94. The van der Waals surface area contributed by atoms with Crippen LogP contribution >= 0.6 is 0 Å². The van der Waals surface area contributed by atoms with Crippen LogP contribution in [-0.2, 0) is 9.47 Å². The number of ether oxygens (including phenoxy) is 4. The Bertz CT molecular complexity index is 1440. The van der Waals surface area contributed by atoms with Gasteiger partial charge in [0.15, 0.2) is 17.6 Å². The molecule has 2 atom stereocenters. The van der Waals surface area contributed by atoms with Crippen LogP contribution in [0.5, 0.6) is 11.5 Å². The van der Waals surface area contributed by atoms with Gasteiger partial charge in [0, 0.05) is 18.2 Å². The van der Waals surface area contributed by atoms with Crippen molar-refractivity contribution in [3.63, 3.8) is 0 Å². The van der Waals surface area contributed by atoms with Gasteiger partial charge in [0.1, 0.15) is 23.3 Å². The summed E-state index contributed by atoms with van der Waals surface area (Å²) in [5, 5.41) is 15.0. The molecule has 0 fully saturated rings. The maximum Gasteiger partial charge on any atom is 0.509 e. The number of aromatic amines is 1. The fourth-order valence-corrected chi connectivity index (χ4v) is 3.97. The number of carbonyl (C=O) groups is 1. The number of nitro groups is 1. The zero-order valence-electron chi connectivity index (χ0n) is 21.6. The molecule has 2 N–H and O–H groups in total. The fraction of sp³-hybridized carbons (Fsp3) is 0.308. The molecule has 0 saturated carbocycles. The van der Waals surface area contributed by atoms with Crippen molar-refractivity contribution in [2.45, 2.75) is 19.4 Å². The quantitative estimate of drug-likeness (QED) is 0.147. The summed E-state index contributed by atoms with van der Waals surface area (Å²) in [4.78, 5) is 39.4. The van der Waals surface area contributed by atoms with E-state index in [4.69, 9.17) is 18.9 Å². The van der Waals surface area contributed by atoms with Crippen molar-refractivity contribution >= 4 is 28.8 Å². The lowest BCUT2D eigenvalue weighted by Crippen LogP contribution is -2.19. The molecule has 0 amide bonds. The Hall–Kier alpha value is -4.94. The number of hydrogen-bond donors (Lipinski definition) is 2. The molecule has 0 aliphatic carbocycles. The lowest BCUT2D eigenvalue weighted by molar-refractivity contribution is -0.386. The number of benzene rings is 2. The topological polar surface area (TPSA) is 164 Å². The van der Waals surface area contributed by atoms with Crippen molar-refractivity contribution in [1.82, 2.24) is 19.9 Å². The maximum atomic E-state index is 12.8. The molecular formula is C26H28N6O7. The first kappa shape index (κ1) is 27.1. The number of fused-ring (bicyclic) bond motifs is 1. The summed E-state index contributed by atoms with van der Waals surface area (Å²) in [5.41, 5.74) is 1.59. The van der Waals surface area contributed by atoms with Gasteiger partial charge in [-0.1, -0.05) is 19.1 Å². The number of hydrogen-bond acceptors (Lipinski definition) is 11. The standard InChI is InChI=1S/C26H28N6O7/c1-16(10-11-27-24-22-25(29-14-28-22)31-15-30-24)13-38-26(33)39-23(18-6-4-5-7-20(18)32(34)35)19-12-17(36-2)8-9-21(19)37-3/h4-9,12,14-16,23H,10-11,13H2,1-3H3,(H2,27,28,29,30,31). The second kappa shape index (κ2) is 12.5. The van der Waals surface area contributed by atoms with Gasteiger partial charge in [0.25, 0.3) is 5.69 Å². The molecule has 0 aliphatic rings. The van der Waals surface area contributed by atoms with E-state index in [0.29, 0.717) is 47.0 Å². The van der Waals surface area contributed by atoms with Gasteiger partial charge in [-0.15, -0.1) is 0 Å². The first-order chi connectivity index (χ1) is 18.9. The number of rotatable bonds is 12. The van der Waals surface area contributed by atoms with Crippen LogP contribution in [0.1, 0.15) is 30.6 Å². The summed E-state index contributed by atoms with van der Waals surface area (Å²) >= 11 is 0. The highest BCUT2D eigenvalue weighted by molar-refractivity contribution is 5.81. The van der Waals surface area contributed by atoms with Crippen molar-refractivity contribution < 1.29 is 28.7 Å². The van der Waals surface area contributed by atoms with Crippen LogP contribution in [0.3, 0.4) is 0 Å². The zero-order valence-corrected chi connectivity index (χ0v) is 21.6. The Balaban J connectivity index is 1.43. The van der Waals surface area contributed by atoms with Crippen molar-refractivity contribution in [2.75, 3.05) is 32.7 Å². The summed E-state index contributed by atoms with van der Waals surface area (Å²) in [5.74, 6) is 1.43. The van der Waals surface area contributed by atoms with E-state index in [0.717, 1.165) is 0 Å². The molecule has 0 radical (unpaired) electrons. The Labute approximate surface area is 223 Å². The SMILES string of the molecule is COc1ccc(OC)c(C(OC(=O)OCC(C)CCNc2ncnc3nc[nH]c23)c2ccccc2[N+](=O)[O-])c1. The molecule has 0 spiro atoms. The van der Waals surface area contributed by atoms with E-state index >= 15 is 0 Å². The predicted molar refractivity (Wildman–Crippen MR) is 141 cm³/mol. The smallest absolute Gasteiger partial charge is 0.497 e. The minimum atomic E-state index is -1.18. The number of para-hydroxylation sites is 1. The Morgan fingerprint density at radius 2 is 1.92 bits per heavy atom. The predicted octanol–water partition coefficient (Wildman–Crippen LogP) is 4.66. The lowest BCUT2D eigenvalue weighted by atomic mass is 9.98. The molecule has 204 valence electrons. The average Bonchev–Trinajstić information content (AvgIpc) is 3.44. The van der Waals surface area contributed by atoms with E-state index < -0.39 is 17.2 Å². The van der Waals surface area contributed by atoms with Crippen molar-refractivity contribution in [3.05, 3.63) is 76.4 Å². The fourth-order valence-electron chi connectivity index (χ4n) is 3.97. The third-order valence-corrected chi connectivity index (χ3v) is 5.99. The number of anilines is 1. The van der Waals surface area contributed by atoms with Crippen LogP contribution in [0.2, 0.25) is 0 Å². The maximum absolute atomic E-state index is 12.8. The molecular weight excluding hydrogens is 508 g/mol. The Morgan fingerprint density at radius 3 is 2.69 bits per heavy atom. The molecule has 39 heavy (non-hydrogen) atoms. The molecule has 0 saturated heterocycles. The summed E-state index contributed by atoms with van der Waals surface area (Å²) in [6.07, 6.45) is 1.47. The lowest BCUT2D eigenvalue weighted by Gasteiger charge is -2.21. The van der Waals surface area contributed by atoms with Crippen LogP contribution in [0.25, 0.3) is 11.2 Å². The molecule has 0 aliphatic heterocycles. The van der Waals surface area contributed by atoms with E-state index in [-0.39, 0.29) is 23.8 Å². The van der Waals surface area contributed by atoms with Gasteiger partial charge in [0.05, 0.1) is 37.6 Å². The van der Waals surface area contributed by atoms with Gasteiger partial charge in [-0.3, -0.25) is 10.1 Å². The van der Waals surface area contributed by atoms with Crippen LogP contribution in [0.4, 0.5) is 16.3 Å². The molecule has 2 heterocycles. The normalized spacial score (nSPS) is 12.4. The van der Waals surface area contributed by atoms with Crippen LogP contribution < -0.4 is 14.8 Å². The highest BCUT2D eigenvalue weighted by Crippen LogP contribution is 2.39. The number of H-pyrrole nitrogens is 1. The van der Waals surface area contributed by atoms with E-state index in [2.05, 4.69) is 25.3 Å². The second-order valence-electron chi connectivity index (χ2n) is 8.63. The van der Waals surface area contributed by atoms with E-state index in [1.807, 2.05) is 6.92 Å². The van der Waals surface area contributed by atoms with Gasteiger partial charge in [-0.05, 0) is 36.6 Å². The minimum Gasteiger partial charge on any atom is -0.497 e. The van der Waals surface area contributed by atoms with Gasteiger partial charge >= 0.3 is 6.16 Å². The molecule has 4 aromatic rings. The van der Waals surface area contributed by atoms with Crippen molar-refractivity contribution in [1.29, 1.82) is 0 Å². The number of imidazole rings is 1. The van der Waals surface area contributed by atoms with E-state index in [1.165, 1.54) is 38.7 Å². The summed E-state index contributed by atoms with van der Waals surface area (Å²) in [6.45, 7) is 2.55. The number of methoxy groups -OCH3 is 2. The van der Waals surface area contributed by atoms with Gasteiger partial charge < -0.3 is 29.2 Å². The zero-order chi connectivity index (χ0) is 27.8. The van der Waals surface area contributed by atoms with Gasteiger partial charge in [-0.2, -0.15) is 0 Å². The molecule has 2 unspecified atom stereocenters. The van der Waals surface area contributed by atoms with Crippen LogP contribution in [0, 0.1) is 16.0 Å². The molecule has 13 heteroatoms. The first-order valence-electron chi connectivity index (χ1n) is 12.1. The number of nitrogens with zero attached hydrogens (tertiary/aromatic N) is 4. The highest BCUT2D eigenvalue weighted by atomic mass is 16.7. The van der Waals surface area contributed by atoms with Crippen LogP contribution in [0.15, 0.2) is 55.1 Å². The highest BCUT2D eigenvalue weighted by Gasteiger charge is 2.30. The Morgan fingerprint density at radius 1 is 1.10 bits per heavy atom. The number of nitro benzene ring substituents is 1. The van der Waals surface area contributed by atoms with Crippen molar-refractivity contribution in [2.24, 2.45) is 5.92 Å². The molecule has 0 bridgehead atoms. The van der Waals surface area contributed by atoms with Gasteiger partial charge in [-0.25, -0.2) is 19.7 Å². The largest absolute Gasteiger partial charge is 0.509 e. The van der Waals surface area contributed by atoms with E-state index in [1.54, 1.807) is 30.6 Å². The summed E-state index contributed by atoms with van der Waals surface area (Å²) < 4.78 is 21.8. The monoisotopic (exact) mass is 536 g/mol. The first-order valence-corrected chi connectivity index (χ1v) is 12.1. The minimum absolute atomic E-state index is 0.0278. The van der Waals surface area contributed by atoms with Crippen molar-refractivity contribution in [3.8, 4) is 11.5 Å². The van der Waals surface area contributed by atoms with Gasteiger partial charge in [0.2, 0.25) is 0 Å². The second-order valence-corrected chi connectivity index (χ2v) is 8.63. The Kier molecular flexibility index (Phi) is 8.71. The molecule has 13 nitrogen and oxygen atoms in total. The summed E-state index contributed by atoms with van der Waals surface area (Å²) in [6, 6.07) is 10.9. The number of carbonyl (C=O) groups excluding carboxylic acids is 1. The third-order valence-electron chi connectivity index (χ3n) is 5.99. The average molecular weight is 537 g/mol. The molecule has 2 aromatic heterocycles. The van der Waals surface area contributed by atoms with Crippen LogP contribution in [-0.4, -0.2) is 58.4 Å². The molecule has 2 aromatic carbocycles. The number of nitrogens with one attached hydrogen (secondary N) is 2. The molecule has 4 rings (SSSR count). The van der Waals surface area contributed by atoms with E-state index in [9.17, 15) is 14.9 Å². The third kappa shape index (κ3) is 6.50.